The van der Waals surface area contributed by atoms with Gasteiger partial charge in [-0.05, 0) is 12.8 Å². The van der Waals surface area contributed by atoms with Crippen molar-refractivity contribution in [1.29, 1.82) is 0 Å². The van der Waals surface area contributed by atoms with Gasteiger partial charge in [0.25, 0.3) is 0 Å². The molecule has 1 amide bonds. The summed E-state index contributed by atoms with van der Waals surface area (Å²) in [4.78, 5) is 29.0. The molecule has 1 aromatic heterocycles. The first-order valence-corrected chi connectivity index (χ1v) is 5.17. The maximum atomic E-state index is 11.4. The highest BCUT2D eigenvalue weighted by molar-refractivity contribution is 5.86. The fourth-order valence-corrected chi connectivity index (χ4v) is 1.45. The summed E-state index contributed by atoms with van der Waals surface area (Å²) in [5.41, 5.74) is 0.698. The van der Waals surface area contributed by atoms with Crippen LogP contribution in [0.3, 0.4) is 0 Å². The van der Waals surface area contributed by atoms with Crippen molar-refractivity contribution in [2.24, 2.45) is 5.92 Å². The van der Waals surface area contributed by atoms with Gasteiger partial charge in [-0.3, -0.25) is 4.79 Å². The van der Waals surface area contributed by atoms with Crippen LogP contribution in [0.4, 0.5) is 0 Å². The number of hydrogen-bond acceptors (Lipinski definition) is 3. The lowest BCUT2D eigenvalue weighted by Gasteiger charge is -2.13. The lowest BCUT2D eigenvalue weighted by Crippen LogP contribution is -2.43. The van der Waals surface area contributed by atoms with Crippen LogP contribution in [0.25, 0.3) is 0 Å². The van der Waals surface area contributed by atoms with Crippen molar-refractivity contribution >= 4 is 11.9 Å². The number of H-pyrrole nitrogens is 1. The zero-order valence-corrected chi connectivity index (χ0v) is 8.64. The second kappa shape index (κ2) is 4.34. The molecule has 1 aliphatic carbocycles. The first-order chi connectivity index (χ1) is 7.66. The van der Waals surface area contributed by atoms with E-state index in [1.54, 1.807) is 6.20 Å². The third kappa shape index (κ3) is 2.59. The van der Waals surface area contributed by atoms with Gasteiger partial charge < -0.3 is 15.4 Å². The highest BCUT2D eigenvalue weighted by Gasteiger charge is 2.32. The summed E-state index contributed by atoms with van der Waals surface area (Å²) in [7, 11) is 0. The van der Waals surface area contributed by atoms with Gasteiger partial charge in [-0.25, -0.2) is 9.78 Å². The van der Waals surface area contributed by atoms with Crippen molar-refractivity contribution in [3.05, 3.63) is 18.2 Å². The van der Waals surface area contributed by atoms with Gasteiger partial charge in [0.2, 0.25) is 5.91 Å². The molecule has 2 rings (SSSR count). The smallest absolute Gasteiger partial charge is 0.326 e. The molecule has 0 radical (unpaired) electrons. The number of aromatic amines is 1. The first kappa shape index (κ1) is 10.7. The molecular formula is C10H13N3O3. The molecule has 16 heavy (non-hydrogen) atoms. The number of carbonyl (C=O) groups is 2. The monoisotopic (exact) mass is 223 g/mol. The van der Waals surface area contributed by atoms with E-state index in [1.807, 2.05) is 0 Å². The Labute approximate surface area is 92.1 Å². The van der Waals surface area contributed by atoms with Crippen LogP contribution in [0, 0.1) is 5.92 Å². The van der Waals surface area contributed by atoms with Gasteiger partial charge in [0.1, 0.15) is 6.04 Å². The van der Waals surface area contributed by atoms with Crippen LogP contribution < -0.4 is 5.32 Å². The summed E-state index contributed by atoms with van der Waals surface area (Å²) >= 11 is 0. The number of aromatic nitrogens is 2. The minimum atomic E-state index is -1.02. The number of carboxylic acid groups (broad SMARTS) is 1. The molecule has 1 fully saturated rings. The SMILES string of the molecule is O=C(N[C@H](Cc1cnc[nH]1)C(=O)O)C1CC1. The molecule has 0 spiro atoms. The van der Waals surface area contributed by atoms with Gasteiger partial charge in [0.15, 0.2) is 0 Å². The molecule has 0 aliphatic heterocycles. The molecule has 6 nitrogen and oxygen atoms in total. The van der Waals surface area contributed by atoms with Gasteiger partial charge in [-0.1, -0.05) is 0 Å². The quantitative estimate of drug-likeness (QED) is 0.651. The van der Waals surface area contributed by atoms with Crippen LogP contribution in [-0.4, -0.2) is 33.0 Å². The standard InChI is InChI=1S/C10H13N3O3/c14-9(6-1-2-6)13-8(10(15)16)3-7-4-11-5-12-7/h4-6,8H,1-3H2,(H,11,12)(H,13,14)(H,15,16)/t8-/m1/s1. The number of nitrogens with zero attached hydrogens (tertiary/aromatic N) is 1. The topological polar surface area (TPSA) is 95.1 Å². The minimum Gasteiger partial charge on any atom is -0.480 e. The summed E-state index contributed by atoms with van der Waals surface area (Å²) in [5.74, 6) is -1.17. The van der Waals surface area contributed by atoms with Gasteiger partial charge >= 0.3 is 5.97 Å². The summed E-state index contributed by atoms with van der Waals surface area (Å²) in [6.45, 7) is 0. The van der Waals surface area contributed by atoms with Crippen molar-refractivity contribution in [1.82, 2.24) is 15.3 Å². The maximum Gasteiger partial charge on any atom is 0.326 e. The fraction of sp³-hybridized carbons (Fsp3) is 0.500. The molecule has 1 aliphatic rings. The number of amides is 1. The zero-order valence-electron chi connectivity index (χ0n) is 8.64. The Morgan fingerprint density at radius 3 is 2.88 bits per heavy atom. The Kier molecular flexibility index (Phi) is 2.89. The third-order valence-corrected chi connectivity index (χ3v) is 2.54. The second-order valence-electron chi connectivity index (χ2n) is 3.95. The van der Waals surface area contributed by atoms with E-state index >= 15 is 0 Å². The van der Waals surface area contributed by atoms with Crippen molar-refractivity contribution in [3.63, 3.8) is 0 Å². The molecule has 1 atom stereocenters. The van der Waals surface area contributed by atoms with E-state index < -0.39 is 12.0 Å². The van der Waals surface area contributed by atoms with Gasteiger partial charge in [-0.15, -0.1) is 0 Å². The summed E-state index contributed by atoms with van der Waals surface area (Å²) in [6, 6.07) is -0.881. The van der Waals surface area contributed by atoms with Crippen LogP contribution in [0.15, 0.2) is 12.5 Å². The van der Waals surface area contributed by atoms with Crippen LogP contribution in [0.5, 0.6) is 0 Å². The number of hydrogen-bond donors (Lipinski definition) is 3. The minimum absolute atomic E-state index is 0.0172. The summed E-state index contributed by atoms with van der Waals surface area (Å²) < 4.78 is 0. The average molecular weight is 223 g/mol. The predicted molar refractivity (Wildman–Crippen MR) is 54.6 cm³/mol. The number of rotatable bonds is 5. The molecule has 1 heterocycles. The third-order valence-electron chi connectivity index (χ3n) is 2.54. The molecule has 86 valence electrons. The second-order valence-corrected chi connectivity index (χ2v) is 3.95. The number of carbonyl (C=O) groups excluding carboxylic acids is 1. The summed E-state index contributed by atoms with van der Waals surface area (Å²) in [6.07, 6.45) is 4.99. The number of aliphatic carboxylic acids is 1. The Hall–Kier alpha value is -1.85. The molecule has 0 bridgehead atoms. The number of imidazole rings is 1. The van der Waals surface area contributed by atoms with E-state index in [2.05, 4.69) is 15.3 Å². The summed E-state index contributed by atoms with van der Waals surface area (Å²) in [5, 5.41) is 11.5. The van der Waals surface area contributed by atoms with Crippen molar-refractivity contribution in [3.8, 4) is 0 Å². The van der Waals surface area contributed by atoms with Crippen LogP contribution >= 0.6 is 0 Å². The van der Waals surface area contributed by atoms with Gasteiger partial charge in [-0.2, -0.15) is 0 Å². The first-order valence-electron chi connectivity index (χ1n) is 5.17. The number of nitrogens with one attached hydrogen (secondary N) is 2. The molecular weight excluding hydrogens is 210 g/mol. The normalized spacial score (nSPS) is 16.8. The molecule has 0 unspecified atom stereocenters. The highest BCUT2D eigenvalue weighted by atomic mass is 16.4. The lowest BCUT2D eigenvalue weighted by atomic mass is 10.1. The maximum absolute atomic E-state index is 11.4. The molecule has 0 aromatic carbocycles. The molecule has 0 saturated heterocycles. The van der Waals surface area contributed by atoms with Crippen LogP contribution in [0.2, 0.25) is 0 Å². The van der Waals surface area contributed by atoms with Crippen molar-refractivity contribution < 1.29 is 14.7 Å². The predicted octanol–water partition coefficient (Wildman–Crippen LogP) is -0.0684. The highest BCUT2D eigenvalue weighted by Crippen LogP contribution is 2.28. The van der Waals surface area contributed by atoms with E-state index in [1.165, 1.54) is 6.33 Å². The number of carboxylic acids is 1. The molecule has 3 N–H and O–H groups in total. The average Bonchev–Trinajstić information content (AvgIpc) is 2.97. The Balaban J connectivity index is 1.94. The Morgan fingerprint density at radius 2 is 2.38 bits per heavy atom. The van der Waals surface area contributed by atoms with Crippen LogP contribution in [0.1, 0.15) is 18.5 Å². The van der Waals surface area contributed by atoms with Crippen molar-refractivity contribution in [2.75, 3.05) is 0 Å². The largest absolute Gasteiger partial charge is 0.480 e. The fourth-order valence-electron chi connectivity index (χ4n) is 1.45. The van der Waals surface area contributed by atoms with Gasteiger partial charge in [0, 0.05) is 24.2 Å². The van der Waals surface area contributed by atoms with E-state index in [0.717, 1.165) is 12.8 Å². The molecule has 6 heteroatoms. The van der Waals surface area contributed by atoms with Gasteiger partial charge in [0.05, 0.1) is 6.33 Å². The lowest BCUT2D eigenvalue weighted by molar-refractivity contribution is -0.142. The van der Waals surface area contributed by atoms with Crippen molar-refractivity contribution in [2.45, 2.75) is 25.3 Å². The van der Waals surface area contributed by atoms with E-state index in [4.69, 9.17) is 5.11 Å². The molecule has 1 aromatic rings. The zero-order chi connectivity index (χ0) is 11.5. The van der Waals surface area contributed by atoms with Crippen LogP contribution in [-0.2, 0) is 16.0 Å². The van der Waals surface area contributed by atoms with E-state index in [0.29, 0.717) is 5.69 Å². The Bertz CT molecular complexity index is 384. The van der Waals surface area contributed by atoms with E-state index in [-0.39, 0.29) is 18.2 Å². The Morgan fingerprint density at radius 1 is 1.62 bits per heavy atom. The van der Waals surface area contributed by atoms with E-state index in [9.17, 15) is 9.59 Å². The molecule has 1 saturated carbocycles.